The molecule has 0 saturated heterocycles. The van der Waals surface area contributed by atoms with Crippen LogP contribution in [0.15, 0.2) is 0 Å². The third-order valence-corrected chi connectivity index (χ3v) is 0.476. The first kappa shape index (κ1) is 6.52. The summed E-state index contributed by atoms with van der Waals surface area (Å²) >= 11 is 0. The van der Waals surface area contributed by atoms with Crippen molar-refractivity contribution in [1.29, 1.82) is 0 Å². The van der Waals surface area contributed by atoms with Gasteiger partial charge in [0.1, 0.15) is 6.61 Å². The second-order valence-corrected chi connectivity index (χ2v) is 1.06. The van der Waals surface area contributed by atoms with Gasteiger partial charge in [0.05, 0.1) is 7.11 Å². The van der Waals surface area contributed by atoms with Crippen molar-refractivity contribution in [1.82, 2.24) is 0 Å². The number of hydrogen-bond acceptors (Lipinski definition) is 1. The molecule has 0 fully saturated rings. The molecule has 0 amide bonds. The average molecular weight is 97.1 g/mol. The molecular weight excluding hydrogens is 88.1 g/mol. The first-order chi connectivity index (χ1) is 3.41. The van der Waals surface area contributed by atoms with E-state index in [1.807, 2.05) is 6.92 Å². The van der Waals surface area contributed by atoms with Gasteiger partial charge in [-0.25, -0.2) is 0 Å². The molecule has 0 aliphatic carbocycles. The van der Waals surface area contributed by atoms with Crippen LogP contribution in [0.2, 0.25) is 0 Å². The minimum absolute atomic E-state index is 0.452. The van der Waals surface area contributed by atoms with Crippen LogP contribution < -0.4 is 0 Å². The Bertz CT molecular complexity index is 75.9. The molecule has 0 N–H and O–H groups in total. The predicted molar refractivity (Wildman–Crippen MR) is 29.4 cm³/mol. The van der Waals surface area contributed by atoms with E-state index in [0.717, 1.165) is 6.42 Å². The molecule has 7 heavy (non-hydrogen) atoms. The molecule has 0 heterocycles. The summed E-state index contributed by atoms with van der Waals surface area (Å²) in [4.78, 5) is 0. The van der Waals surface area contributed by atoms with E-state index in [0.29, 0.717) is 6.61 Å². The second-order valence-electron chi connectivity index (χ2n) is 1.06. The van der Waals surface area contributed by atoms with Crippen LogP contribution in [0.4, 0.5) is 0 Å². The zero-order valence-electron chi connectivity index (χ0n) is 4.53. The van der Waals surface area contributed by atoms with Gasteiger partial charge in [-0.05, 0) is 0 Å². The maximum absolute atomic E-state index is 4.42. The van der Waals surface area contributed by atoms with Crippen LogP contribution in [0.25, 0.3) is 0 Å². The lowest BCUT2D eigenvalue weighted by atomic mass is 10.5. The minimum atomic E-state index is 0.452. The molecule has 1 radical (unpaired) electrons. The maximum Gasteiger partial charge on any atom is 0.107 e. The highest BCUT2D eigenvalue weighted by Crippen LogP contribution is 1.67. The first-order valence-electron chi connectivity index (χ1n) is 2.24. The van der Waals surface area contributed by atoms with Gasteiger partial charge in [-0.2, -0.15) is 0 Å². The molecule has 0 rings (SSSR count). The summed E-state index contributed by atoms with van der Waals surface area (Å²) in [7, 11) is 3.15. The van der Waals surface area contributed by atoms with Gasteiger partial charge >= 0.3 is 0 Å². The van der Waals surface area contributed by atoms with Gasteiger partial charge in [-0.1, -0.05) is 12.8 Å². The third-order valence-electron chi connectivity index (χ3n) is 0.476. The fourth-order valence-corrected chi connectivity index (χ4v) is 0.227. The van der Waals surface area contributed by atoms with Gasteiger partial charge in [0.15, 0.2) is 0 Å². The van der Waals surface area contributed by atoms with Gasteiger partial charge in [-0.3, -0.25) is 0 Å². The topological polar surface area (TPSA) is 9.23 Å². The standard InChI is InChI=1S/C6H9O/c1-3-4-5-6-7-2/h2-3,6H2,1H3. The zero-order chi connectivity index (χ0) is 5.54. The Kier molecular flexibility index (Phi) is 5.14. The lowest BCUT2D eigenvalue weighted by Gasteiger charge is -1.78. The van der Waals surface area contributed by atoms with E-state index >= 15 is 0 Å². The second kappa shape index (κ2) is 5.52. The summed E-state index contributed by atoms with van der Waals surface area (Å²) in [5.74, 6) is 5.58. The average Bonchev–Trinajstić information content (AvgIpc) is 1.69. The van der Waals surface area contributed by atoms with Gasteiger partial charge in [0.25, 0.3) is 0 Å². The molecule has 1 nitrogen and oxygen atoms in total. The van der Waals surface area contributed by atoms with Crippen molar-refractivity contribution < 1.29 is 4.74 Å². The van der Waals surface area contributed by atoms with Crippen LogP contribution in [0, 0.1) is 19.0 Å². The Labute approximate surface area is 44.7 Å². The van der Waals surface area contributed by atoms with E-state index in [9.17, 15) is 0 Å². The van der Waals surface area contributed by atoms with Gasteiger partial charge in [0, 0.05) is 6.42 Å². The quantitative estimate of drug-likeness (QED) is 0.447. The molecule has 0 aromatic heterocycles. The molecule has 0 aromatic carbocycles. The van der Waals surface area contributed by atoms with Gasteiger partial charge < -0.3 is 4.74 Å². The van der Waals surface area contributed by atoms with Crippen molar-refractivity contribution in [3.63, 3.8) is 0 Å². The van der Waals surface area contributed by atoms with Crippen molar-refractivity contribution in [2.75, 3.05) is 6.61 Å². The minimum Gasteiger partial charge on any atom is -0.366 e. The summed E-state index contributed by atoms with van der Waals surface area (Å²) in [6.45, 7) is 2.45. The fourth-order valence-electron chi connectivity index (χ4n) is 0.227. The van der Waals surface area contributed by atoms with Gasteiger partial charge in [-0.15, -0.1) is 5.92 Å². The molecule has 39 valence electrons. The predicted octanol–water partition coefficient (Wildman–Crippen LogP) is 1.21. The highest BCUT2D eigenvalue weighted by atomic mass is 16.5. The van der Waals surface area contributed by atoms with Crippen LogP contribution in [0.5, 0.6) is 0 Å². The van der Waals surface area contributed by atoms with Crippen molar-refractivity contribution in [2.24, 2.45) is 0 Å². The lowest BCUT2D eigenvalue weighted by Crippen LogP contribution is -1.76. The van der Waals surface area contributed by atoms with Crippen LogP contribution >= 0.6 is 0 Å². The molecule has 0 aliphatic heterocycles. The Hall–Kier alpha value is -0.480. The molecular formula is C6H9O. The zero-order valence-corrected chi connectivity index (χ0v) is 4.53. The lowest BCUT2D eigenvalue weighted by molar-refractivity contribution is 0.288. The smallest absolute Gasteiger partial charge is 0.107 e. The summed E-state index contributed by atoms with van der Waals surface area (Å²) < 4.78 is 4.42. The monoisotopic (exact) mass is 97.1 g/mol. The van der Waals surface area contributed by atoms with Crippen molar-refractivity contribution in [3.05, 3.63) is 7.11 Å². The first-order valence-corrected chi connectivity index (χ1v) is 2.24. The molecule has 0 aromatic rings. The van der Waals surface area contributed by atoms with Crippen LogP contribution in [-0.2, 0) is 4.74 Å². The summed E-state index contributed by atoms with van der Waals surface area (Å²) in [6, 6.07) is 0. The molecule has 0 atom stereocenters. The largest absolute Gasteiger partial charge is 0.366 e. The van der Waals surface area contributed by atoms with E-state index in [1.165, 1.54) is 0 Å². The summed E-state index contributed by atoms with van der Waals surface area (Å²) in [5, 5.41) is 0. The number of hydrogen-bond donors (Lipinski definition) is 0. The molecule has 0 spiro atoms. The molecule has 0 bridgehead atoms. The summed E-state index contributed by atoms with van der Waals surface area (Å²) in [5.41, 5.74) is 0. The Balaban J connectivity index is 2.91. The van der Waals surface area contributed by atoms with Crippen LogP contribution in [-0.4, -0.2) is 6.61 Å². The molecule has 0 unspecified atom stereocenters. The molecule has 0 saturated carbocycles. The number of rotatable bonds is 1. The van der Waals surface area contributed by atoms with E-state index in [-0.39, 0.29) is 0 Å². The van der Waals surface area contributed by atoms with E-state index in [4.69, 9.17) is 0 Å². The normalized spacial score (nSPS) is 7.14. The van der Waals surface area contributed by atoms with E-state index in [2.05, 4.69) is 23.7 Å². The Morgan fingerprint density at radius 3 is 2.71 bits per heavy atom. The van der Waals surface area contributed by atoms with Crippen molar-refractivity contribution in [3.8, 4) is 11.8 Å². The fraction of sp³-hybridized carbons (Fsp3) is 0.500. The maximum atomic E-state index is 4.42. The Morgan fingerprint density at radius 2 is 2.29 bits per heavy atom. The van der Waals surface area contributed by atoms with Crippen molar-refractivity contribution >= 4 is 0 Å². The summed E-state index contributed by atoms with van der Waals surface area (Å²) in [6.07, 6.45) is 0.892. The SMILES string of the molecule is [CH2]OCC#CCC. The Morgan fingerprint density at radius 1 is 1.57 bits per heavy atom. The highest BCUT2D eigenvalue weighted by molar-refractivity contribution is 4.97. The van der Waals surface area contributed by atoms with E-state index in [1.54, 1.807) is 0 Å². The van der Waals surface area contributed by atoms with E-state index < -0.39 is 0 Å². The molecule has 1 heteroatoms. The molecule has 0 aliphatic rings. The third kappa shape index (κ3) is 5.52. The van der Waals surface area contributed by atoms with Gasteiger partial charge in [0.2, 0.25) is 0 Å². The van der Waals surface area contributed by atoms with Crippen LogP contribution in [0.1, 0.15) is 13.3 Å². The van der Waals surface area contributed by atoms with Crippen molar-refractivity contribution in [2.45, 2.75) is 13.3 Å². The van der Waals surface area contributed by atoms with Crippen LogP contribution in [0.3, 0.4) is 0 Å². The highest BCUT2D eigenvalue weighted by Gasteiger charge is 1.64. The number of ether oxygens (including phenoxy) is 1.